The zero-order chi connectivity index (χ0) is 15.2. The zero-order valence-electron chi connectivity index (χ0n) is 12.4. The van der Waals surface area contributed by atoms with Crippen LogP contribution in [-0.4, -0.2) is 11.1 Å². The van der Waals surface area contributed by atoms with Crippen LogP contribution in [0.3, 0.4) is 0 Å². The second-order valence-electron chi connectivity index (χ2n) is 5.15. The van der Waals surface area contributed by atoms with Gasteiger partial charge in [0.2, 0.25) is 0 Å². The molecule has 2 rings (SSSR count). The van der Waals surface area contributed by atoms with Crippen LogP contribution in [0.4, 0.5) is 0 Å². The van der Waals surface area contributed by atoms with Gasteiger partial charge in [-0.05, 0) is 49.6 Å². The number of unbranched alkanes of at least 4 members (excludes halogenated alkanes) is 1. The molecule has 2 aromatic carbocycles. The lowest BCUT2D eigenvalue weighted by Crippen LogP contribution is -2.00. The van der Waals surface area contributed by atoms with Crippen molar-refractivity contribution in [2.75, 3.05) is 0 Å². The van der Waals surface area contributed by atoms with Crippen molar-refractivity contribution in [2.24, 2.45) is 0 Å². The van der Waals surface area contributed by atoms with Crippen molar-refractivity contribution in [3.63, 3.8) is 0 Å². The molecule has 0 saturated heterocycles. The highest BCUT2D eigenvalue weighted by Crippen LogP contribution is 2.26. The molecular formula is C18H20O3. The van der Waals surface area contributed by atoms with Gasteiger partial charge in [-0.2, -0.15) is 0 Å². The molecule has 0 aliphatic heterocycles. The number of hydrogen-bond acceptors (Lipinski definition) is 2. The minimum Gasteiger partial charge on any atom is -0.478 e. The van der Waals surface area contributed by atoms with Gasteiger partial charge in [0, 0.05) is 0 Å². The van der Waals surface area contributed by atoms with Crippen molar-refractivity contribution in [3.8, 4) is 11.5 Å². The molecule has 0 saturated carbocycles. The molecule has 0 aliphatic rings. The van der Waals surface area contributed by atoms with E-state index < -0.39 is 5.97 Å². The van der Waals surface area contributed by atoms with Gasteiger partial charge in [0.25, 0.3) is 0 Å². The summed E-state index contributed by atoms with van der Waals surface area (Å²) >= 11 is 0. The van der Waals surface area contributed by atoms with E-state index in [9.17, 15) is 9.90 Å². The molecule has 0 radical (unpaired) electrons. The van der Waals surface area contributed by atoms with E-state index in [1.807, 2.05) is 37.3 Å². The Morgan fingerprint density at radius 1 is 1.14 bits per heavy atom. The number of rotatable bonds is 6. The highest BCUT2D eigenvalue weighted by atomic mass is 16.5. The second kappa shape index (κ2) is 6.93. The Hall–Kier alpha value is -2.29. The first-order valence-corrected chi connectivity index (χ1v) is 7.21. The van der Waals surface area contributed by atoms with E-state index in [4.69, 9.17) is 4.74 Å². The maximum Gasteiger partial charge on any atom is 0.339 e. The molecule has 1 N–H and O–H groups in total. The Kier molecular flexibility index (Phi) is 4.99. The second-order valence-corrected chi connectivity index (χ2v) is 5.15. The largest absolute Gasteiger partial charge is 0.478 e. The van der Waals surface area contributed by atoms with Crippen LogP contribution >= 0.6 is 0 Å². The van der Waals surface area contributed by atoms with Crippen molar-refractivity contribution in [1.82, 2.24) is 0 Å². The van der Waals surface area contributed by atoms with E-state index in [2.05, 4.69) is 6.92 Å². The van der Waals surface area contributed by atoms with Gasteiger partial charge < -0.3 is 9.84 Å². The molecule has 0 spiro atoms. The molecule has 0 heterocycles. The van der Waals surface area contributed by atoms with E-state index in [-0.39, 0.29) is 5.56 Å². The summed E-state index contributed by atoms with van der Waals surface area (Å²) in [4.78, 5) is 11.3. The van der Waals surface area contributed by atoms with Crippen molar-refractivity contribution >= 4 is 5.97 Å². The normalized spacial score (nSPS) is 10.4. The summed E-state index contributed by atoms with van der Waals surface area (Å²) in [6.07, 6.45) is 3.40. The molecule has 0 bridgehead atoms. The van der Waals surface area contributed by atoms with Crippen LogP contribution in [0, 0.1) is 6.92 Å². The topological polar surface area (TPSA) is 46.5 Å². The average Bonchev–Trinajstić information content (AvgIpc) is 2.48. The first kappa shape index (κ1) is 15.1. The van der Waals surface area contributed by atoms with Crippen molar-refractivity contribution in [1.29, 1.82) is 0 Å². The minimum absolute atomic E-state index is 0.185. The Labute approximate surface area is 125 Å². The van der Waals surface area contributed by atoms with Crippen LogP contribution in [-0.2, 0) is 6.42 Å². The van der Waals surface area contributed by atoms with Crippen LogP contribution in [0.5, 0.6) is 11.5 Å². The molecule has 0 aromatic heterocycles. The van der Waals surface area contributed by atoms with Crippen LogP contribution in [0.2, 0.25) is 0 Å². The SMILES string of the molecule is CCCCc1ccc(Oc2ccc(C)cc2C(=O)O)cc1. The van der Waals surface area contributed by atoms with E-state index in [0.29, 0.717) is 11.5 Å². The summed E-state index contributed by atoms with van der Waals surface area (Å²) in [5, 5.41) is 9.23. The van der Waals surface area contributed by atoms with E-state index >= 15 is 0 Å². The fourth-order valence-electron chi connectivity index (χ4n) is 2.13. The number of benzene rings is 2. The quantitative estimate of drug-likeness (QED) is 0.826. The third-order valence-electron chi connectivity index (χ3n) is 3.34. The minimum atomic E-state index is -0.978. The van der Waals surface area contributed by atoms with Crippen molar-refractivity contribution in [3.05, 3.63) is 59.2 Å². The van der Waals surface area contributed by atoms with Crippen LogP contribution in [0.15, 0.2) is 42.5 Å². The first-order chi connectivity index (χ1) is 10.1. The summed E-state index contributed by atoms with van der Waals surface area (Å²) in [5.74, 6) is 0.0456. The van der Waals surface area contributed by atoms with Gasteiger partial charge in [-0.25, -0.2) is 4.79 Å². The van der Waals surface area contributed by atoms with Crippen LogP contribution in [0.25, 0.3) is 0 Å². The molecule has 3 nitrogen and oxygen atoms in total. The van der Waals surface area contributed by atoms with Crippen molar-refractivity contribution < 1.29 is 14.6 Å². The lowest BCUT2D eigenvalue weighted by Gasteiger charge is -2.10. The molecule has 110 valence electrons. The van der Waals surface area contributed by atoms with E-state index in [1.54, 1.807) is 12.1 Å². The molecule has 2 aromatic rings. The highest BCUT2D eigenvalue weighted by molar-refractivity contribution is 5.91. The molecule has 0 amide bonds. The van der Waals surface area contributed by atoms with Gasteiger partial charge in [0.1, 0.15) is 17.1 Å². The monoisotopic (exact) mass is 284 g/mol. The first-order valence-electron chi connectivity index (χ1n) is 7.21. The number of aromatic carboxylic acids is 1. The predicted molar refractivity (Wildman–Crippen MR) is 83.3 cm³/mol. The van der Waals surface area contributed by atoms with Gasteiger partial charge in [-0.3, -0.25) is 0 Å². The number of carboxylic acid groups (broad SMARTS) is 1. The lowest BCUT2D eigenvalue weighted by molar-refractivity contribution is 0.0694. The third-order valence-corrected chi connectivity index (χ3v) is 3.34. The molecule has 0 fully saturated rings. The summed E-state index contributed by atoms with van der Waals surface area (Å²) in [7, 11) is 0. The van der Waals surface area contributed by atoms with Gasteiger partial charge in [-0.15, -0.1) is 0 Å². The molecule has 0 aliphatic carbocycles. The Balaban J connectivity index is 2.16. The Bertz CT molecular complexity index is 615. The highest BCUT2D eigenvalue weighted by Gasteiger charge is 2.12. The number of aryl methyl sites for hydroxylation is 2. The molecule has 21 heavy (non-hydrogen) atoms. The Morgan fingerprint density at radius 2 is 1.86 bits per heavy atom. The summed E-state index contributed by atoms with van der Waals surface area (Å²) in [6.45, 7) is 4.03. The summed E-state index contributed by atoms with van der Waals surface area (Å²) in [5.41, 5.74) is 2.35. The maximum atomic E-state index is 11.3. The number of ether oxygens (including phenoxy) is 1. The van der Waals surface area contributed by atoms with Gasteiger partial charge >= 0.3 is 5.97 Å². The molecule has 0 unspecified atom stereocenters. The lowest BCUT2D eigenvalue weighted by atomic mass is 10.1. The van der Waals surface area contributed by atoms with Gasteiger partial charge in [0.05, 0.1) is 0 Å². The molecular weight excluding hydrogens is 264 g/mol. The van der Waals surface area contributed by atoms with Crippen molar-refractivity contribution in [2.45, 2.75) is 33.1 Å². The fourth-order valence-corrected chi connectivity index (χ4v) is 2.13. The number of hydrogen-bond donors (Lipinski definition) is 1. The summed E-state index contributed by atoms with van der Waals surface area (Å²) in [6, 6.07) is 13.0. The third kappa shape index (κ3) is 4.09. The van der Waals surface area contributed by atoms with E-state index in [1.165, 1.54) is 18.4 Å². The zero-order valence-corrected chi connectivity index (χ0v) is 12.4. The standard InChI is InChI=1S/C18H20O3/c1-3-4-5-14-7-9-15(10-8-14)21-17-11-6-13(2)12-16(17)18(19)20/h6-12H,3-5H2,1-2H3,(H,19,20). The van der Waals surface area contributed by atoms with E-state index in [0.717, 1.165) is 12.0 Å². The average molecular weight is 284 g/mol. The van der Waals surface area contributed by atoms with Crippen LogP contribution < -0.4 is 4.74 Å². The Morgan fingerprint density at radius 3 is 2.48 bits per heavy atom. The van der Waals surface area contributed by atoms with Gasteiger partial charge in [-0.1, -0.05) is 37.1 Å². The molecule has 0 atom stereocenters. The van der Waals surface area contributed by atoms with Gasteiger partial charge in [0.15, 0.2) is 0 Å². The molecule has 3 heteroatoms. The number of carboxylic acids is 1. The smallest absolute Gasteiger partial charge is 0.339 e. The predicted octanol–water partition coefficient (Wildman–Crippen LogP) is 4.83. The summed E-state index contributed by atoms with van der Waals surface area (Å²) < 4.78 is 5.70. The fraction of sp³-hybridized carbons (Fsp3) is 0.278. The maximum absolute atomic E-state index is 11.3. The number of carbonyl (C=O) groups is 1. The van der Waals surface area contributed by atoms with Crippen LogP contribution in [0.1, 0.15) is 41.3 Å².